The van der Waals surface area contributed by atoms with E-state index >= 15 is 0 Å². The second-order valence-electron chi connectivity index (χ2n) is 2.81. The molecule has 1 aliphatic heterocycles. The minimum absolute atomic E-state index is 0.554. The Morgan fingerprint density at radius 1 is 1.67 bits per heavy atom. The Morgan fingerprint density at radius 3 is 2.58 bits per heavy atom. The minimum atomic E-state index is -2.99. The van der Waals surface area contributed by atoms with Gasteiger partial charge in [-0.05, 0) is 0 Å². The Balaban J connectivity index is 2.69. The van der Waals surface area contributed by atoms with Gasteiger partial charge >= 0.3 is 6.09 Å². The summed E-state index contributed by atoms with van der Waals surface area (Å²) < 4.78 is 25.2. The molecular formula is C6H9F2NO3. The average Bonchev–Trinajstić information content (AvgIpc) is 2.25. The van der Waals surface area contributed by atoms with Crippen molar-refractivity contribution in [2.45, 2.75) is 18.4 Å². The Kier molecular flexibility index (Phi) is 2.18. The lowest BCUT2D eigenvalue weighted by molar-refractivity contribution is 0.0123. The Labute approximate surface area is 67.4 Å². The summed E-state index contributed by atoms with van der Waals surface area (Å²) in [7, 11) is 0. The van der Waals surface area contributed by atoms with Gasteiger partial charge in [0, 0.05) is 6.42 Å². The van der Waals surface area contributed by atoms with Gasteiger partial charge in [-0.25, -0.2) is 13.6 Å². The fourth-order valence-electron chi connectivity index (χ4n) is 1.28. The van der Waals surface area contributed by atoms with Crippen LogP contribution in [0.15, 0.2) is 0 Å². The fraction of sp³-hybridized carbons (Fsp3) is 0.833. The van der Waals surface area contributed by atoms with Crippen LogP contribution < -0.4 is 0 Å². The largest absolute Gasteiger partial charge is 0.465 e. The molecule has 1 saturated heterocycles. The summed E-state index contributed by atoms with van der Waals surface area (Å²) in [6.07, 6.45) is -2.00. The number of aliphatic hydroxyl groups is 1. The summed E-state index contributed by atoms with van der Waals surface area (Å²) in [5.74, 6) is -2.99. The molecule has 4 nitrogen and oxygen atoms in total. The van der Waals surface area contributed by atoms with Gasteiger partial charge in [-0.1, -0.05) is 0 Å². The normalized spacial score (nSPS) is 27.6. The molecule has 70 valence electrons. The number of carbonyl (C=O) groups is 1. The Morgan fingerprint density at radius 2 is 2.25 bits per heavy atom. The van der Waals surface area contributed by atoms with E-state index in [1.54, 1.807) is 0 Å². The molecule has 1 heterocycles. The first kappa shape index (κ1) is 9.18. The molecule has 0 aliphatic carbocycles. The summed E-state index contributed by atoms with van der Waals surface area (Å²) in [6, 6.07) is -0.961. The van der Waals surface area contributed by atoms with Crippen LogP contribution in [0, 0.1) is 0 Å². The van der Waals surface area contributed by atoms with E-state index in [0.29, 0.717) is 4.90 Å². The van der Waals surface area contributed by atoms with Crippen molar-refractivity contribution in [3.8, 4) is 0 Å². The molecule has 0 unspecified atom stereocenters. The van der Waals surface area contributed by atoms with E-state index in [0.717, 1.165) is 0 Å². The van der Waals surface area contributed by atoms with Crippen LogP contribution in [0.1, 0.15) is 6.42 Å². The number of carboxylic acid groups (broad SMARTS) is 1. The third-order valence-corrected chi connectivity index (χ3v) is 1.83. The van der Waals surface area contributed by atoms with Crippen molar-refractivity contribution in [3.05, 3.63) is 0 Å². The second-order valence-corrected chi connectivity index (χ2v) is 2.81. The highest BCUT2D eigenvalue weighted by atomic mass is 19.3. The van der Waals surface area contributed by atoms with Crippen molar-refractivity contribution in [1.29, 1.82) is 0 Å². The van der Waals surface area contributed by atoms with E-state index in [1.807, 2.05) is 0 Å². The standard InChI is InChI=1S/C6H9F2NO3/c7-6(8)1-4(2-10)9(3-6)5(11)12/h4,10H,1-3H2,(H,11,12)/t4-/m0/s1. The molecule has 0 bridgehead atoms. The maximum Gasteiger partial charge on any atom is 0.407 e. The lowest BCUT2D eigenvalue weighted by Gasteiger charge is -2.17. The molecule has 0 radical (unpaired) electrons. The molecule has 1 rings (SSSR count). The van der Waals surface area contributed by atoms with E-state index in [1.165, 1.54) is 0 Å². The Bertz CT molecular complexity index is 197. The van der Waals surface area contributed by atoms with Gasteiger partial charge in [0.15, 0.2) is 0 Å². The van der Waals surface area contributed by atoms with Gasteiger partial charge in [-0.3, -0.25) is 4.90 Å². The second kappa shape index (κ2) is 2.85. The molecule has 0 aromatic rings. The molecule has 0 spiro atoms. The van der Waals surface area contributed by atoms with Gasteiger partial charge in [0.1, 0.15) is 0 Å². The summed E-state index contributed by atoms with van der Waals surface area (Å²) in [4.78, 5) is 10.9. The van der Waals surface area contributed by atoms with E-state index in [2.05, 4.69) is 0 Å². The van der Waals surface area contributed by atoms with Crippen LogP contribution in [0.5, 0.6) is 0 Å². The van der Waals surface area contributed by atoms with Gasteiger partial charge in [0.05, 0.1) is 19.2 Å². The number of likely N-dealkylation sites (tertiary alicyclic amines) is 1. The highest BCUT2D eigenvalue weighted by molar-refractivity contribution is 5.66. The topological polar surface area (TPSA) is 60.8 Å². The zero-order chi connectivity index (χ0) is 9.35. The molecule has 2 N–H and O–H groups in total. The van der Waals surface area contributed by atoms with E-state index in [4.69, 9.17) is 10.2 Å². The third kappa shape index (κ3) is 1.63. The van der Waals surface area contributed by atoms with Crippen LogP contribution in [0.25, 0.3) is 0 Å². The molecule has 1 fully saturated rings. The lowest BCUT2D eigenvalue weighted by atomic mass is 10.2. The van der Waals surface area contributed by atoms with Crippen molar-refractivity contribution in [3.63, 3.8) is 0 Å². The smallest absolute Gasteiger partial charge is 0.407 e. The molecule has 0 aromatic carbocycles. The summed E-state index contributed by atoms with van der Waals surface area (Å²) in [6.45, 7) is -1.37. The molecule has 1 amide bonds. The van der Waals surface area contributed by atoms with Gasteiger partial charge in [-0.2, -0.15) is 0 Å². The maximum absolute atomic E-state index is 12.6. The first-order valence-electron chi connectivity index (χ1n) is 3.44. The number of aliphatic hydroxyl groups excluding tert-OH is 1. The van der Waals surface area contributed by atoms with Gasteiger partial charge < -0.3 is 10.2 Å². The zero-order valence-electron chi connectivity index (χ0n) is 6.20. The lowest BCUT2D eigenvalue weighted by Crippen LogP contribution is -2.37. The first-order chi connectivity index (χ1) is 5.46. The highest BCUT2D eigenvalue weighted by Crippen LogP contribution is 2.31. The number of nitrogens with zero attached hydrogens (tertiary/aromatic N) is 1. The summed E-state index contributed by atoms with van der Waals surface area (Å²) in [5.41, 5.74) is 0. The van der Waals surface area contributed by atoms with Crippen molar-refractivity contribution in [2.24, 2.45) is 0 Å². The number of hydrogen-bond acceptors (Lipinski definition) is 2. The van der Waals surface area contributed by atoms with Crippen LogP contribution >= 0.6 is 0 Å². The summed E-state index contributed by atoms with van der Waals surface area (Å²) >= 11 is 0. The Hall–Kier alpha value is -0.910. The maximum atomic E-state index is 12.6. The fourth-order valence-corrected chi connectivity index (χ4v) is 1.28. The molecule has 12 heavy (non-hydrogen) atoms. The van der Waals surface area contributed by atoms with Crippen LogP contribution in [0.3, 0.4) is 0 Å². The number of hydrogen-bond donors (Lipinski definition) is 2. The zero-order valence-corrected chi connectivity index (χ0v) is 6.20. The third-order valence-electron chi connectivity index (χ3n) is 1.83. The summed E-state index contributed by atoms with van der Waals surface area (Å²) in [5, 5.41) is 17.0. The average molecular weight is 181 g/mol. The van der Waals surface area contributed by atoms with Crippen LogP contribution in [-0.2, 0) is 0 Å². The quantitative estimate of drug-likeness (QED) is 0.614. The van der Waals surface area contributed by atoms with E-state index in [-0.39, 0.29) is 0 Å². The van der Waals surface area contributed by atoms with Crippen LogP contribution in [0.2, 0.25) is 0 Å². The number of amides is 1. The molecule has 1 atom stereocenters. The molecule has 6 heteroatoms. The van der Waals surface area contributed by atoms with Gasteiger partial charge in [-0.15, -0.1) is 0 Å². The van der Waals surface area contributed by atoms with E-state index < -0.39 is 37.6 Å². The van der Waals surface area contributed by atoms with Crippen molar-refractivity contribution in [1.82, 2.24) is 4.90 Å². The highest BCUT2D eigenvalue weighted by Gasteiger charge is 2.46. The predicted octanol–water partition coefficient (Wildman–Crippen LogP) is 0.366. The number of alkyl halides is 2. The van der Waals surface area contributed by atoms with Crippen molar-refractivity contribution >= 4 is 6.09 Å². The van der Waals surface area contributed by atoms with Gasteiger partial charge in [0.2, 0.25) is 0 Å². The van der Waals surface area contributed by atoms with E-state index in [9.17, 15) is 13.6 Å². The first-order valence-corrected chi connectivity index (χ1v) is 3.44. The molecular weight excluding hydrogens is 172 g/mol. The number of rotatable bonds is 1. The molecule has 0 saturated carbocycles. The molecule has 1 aliphatic rings. The van der Waals surface area contributed by atoms with Crippen molar-refractivity contribution < 1.29 is 23.8 Å². The predicted molar refractivity (Wildman–Crippen MR) is 35.2 cm³/mol. The van der Waals surface area contributed by atoms with Gasteiger partial charge in [0.25, 0.3) is 5.92 Å². The van der Waals surface area contributed by atoms with Crippen LogP contribution in [-0.4, -0.2) is 46.3 Å². The molecule has 0 aromatic heterocycles. The van der Waals surface area contributed by atoms with Crippen molar-refractivity contribution in [2.75, 3.05) is 13.2 Å². The minimum Gasteiger partial charge on any atom is -0.465 e. The number of halogens is 2. The SMILES string of the molecule is O=C(O)N1CC(F)(F)C[C@H]1CO. The van der Waals surface area contributed by atoms with Crippen LogP contribution in [0.4, 0.5) is 13.6 Å². The monoisotopic (exact) mass is 181 g/mol.